The number of hydrogen-bond donors (Lipinski definition) is 3. The highest BCUT2D eigenvalue weighted by Crippen LogP contribution is 2.54. The molecule has 3 aliphatic heterocycles. The number of rotatable bonds is 8. The number of nitrogens with two attached hydrogens (primary N) is 1. The predicted molar refractivity (Wildman–Crippen MR) is 139 cm³/mol. The standard InChI is InChI=1S/C27H29ClN4O6/c1-13-16(28)6-5-15-23(13)30-26(36)27(15)22-21(17(31-27)7-9-20(29)33)24(34)32(25(22)35)11-10-14-4-8-18(37-2)19(12-14)38-3/h4-6,8,12,17,21-22,31H,7,9-11H2,1-3H3,(H2,29,33)(H,30,36)/t17-,21+,22+,27+/m0/s1. The summed E-state index contributed by atoms with van der Waals surface area (Å²) in [5, 5.41) is 6.66. The number of imide groups is 1. The second-order valence-corrected chi connectivity index (χ2v) is 10.3. The Balaban J connectivity index is 1.50. The van der Waals surface area contributed by atoms with Crippen LogP contribution in [0.25, 0.3) is 0 Å². The molecule has 10 nitrogen and oxygen atoms in total. The summed E-state index contributed by atoms with van der Waals surface area (Å²) in [6, 6.07) is 8.22. The number of primary amides is 1. The van der Waals surface area contributed by atoms with Crippen LogP contribution in [-0.4, -0.2) is 55.3 Å². The number of fused-ring (bicyclic) bond motifs is 4. The first-order valence-corrected chi connectivity index (χ1v) is 12.7. The number of amides is 4. The molecule has 4 N–H and O–H groups in total. The fourth-order valence-electron chi connectivity index (χ4n) is 6.09. The largest absolute Gasteiger partial charge is 0.493 e. The van der Waals surface area contributed by atoms with E-state index in [9.17, 15) is 19.2 Å². The number of hydrogen-bond acceptors (Lipinski definition) is 7. The van der Waals surface area contributed by atoms with E-state index >= 15 is 0 Å². The maximum atomic E-state index is 13.9. The number of carbonyl (C=O) groups excluding carboxylic acids is 4. The summed E-state index contributed by atoms with van der Waals surface area (Å²) in [6.45, 7) is 1.92. The lowest BCUT2D eigenvalue weighted by Crippen LogP contribution is -2.53. The van der Waals surface area contributed by atoms with E-state index in [1.807, 2.05) is 6.07 Å². The number of anilines is 1. The first-order chi connectivity index (χ1) is 18.1. The molecule has 2 saturated heterocycles. The molecule has 2 aromatic rings. The van der Waals surface area contributed by atoms with Crippen LogP contribution in [0.1, 0.15) is 29.5 Å². The second kappa shape index (κ2) is 9.59. The van der Waals surface area contributed by atoms with Gasteiger partial charge in [-0.25, -0.2) is 0 Å². The number of benzene rings is 2. The van der Waals surface area contributed by atoms with E-state index in [1.54, 1.807) is 38.3 Å². The van der Waals surface area contributed by atoms with Gasteiger partial charge < -0.3 is 20.5 Å². The third kappa shape index (κ3) is 3.82. The molecule has 4 amide bonds. The van der Waals surface area contributed by atoms with Crippen molar-refractivity contribution in [3.63, 3.8) is 0 Å². The molecule has 1 spiro atoms. The lowest BCUT2D eigenvalue weighted by Gasteiger charge is -2.29. The summed E-state index contributed by atoms with van der Waals surface area (Å²) in [5.41, 5.74) is 6.58. The number of ether oxygens (including phenoxy) is 2. The van der Waals surface area contributed by atoms with Gasteiger partial charge in [0.2, 0.25) is 23.6 Å². The molecule has 11 heteroatoms. The van der Waals surface area contributed by atoms with Crippen LogP contribution in [0.2, 0.25) is 5.02 Å². The molecule has 4 atom stereocenters. The topological polar surface area (TPSA) is 140 Å². The first kappa shape index (κ1) is 26.0. The van der Waals surface area contributed by atoms with E-state index < -0.39 is 41.1 Å². The Morgan fingerprint density at radius 1 is 1.11 bits per heavy atom. The van der Waals surface area contributed by atoms with Crippen LogP contribution in [-0.2, 0) is 31.1 Å². The summed E-state index contributed by atoms with van der Waals surface area (Å²) in [6.07, 6.45) is 0.620. The van der Waals surface area contributed by atoms with Crippen LogP contribution in [0, 0.1) is 18.8 Å². The van der Waals surface area contributed by atoms with Crippen molar-refractivity contribution >= 4 is 40.9 Å². The summed E-state index contributed by atoms with van der Waals surface area (Å²) < 4.78 is 10.6. The van der Waals surface area contributed by atoms with Crippen molar-refractivity contribution in [2.24, 2.45) is 17.6 Å². The van der Waals surface area contributed by atoms with Gasteiger partial charge in [0.1, 0.15) is 5.54 Å². The third-order valence-corrected chi connectivity index (χ3v) is 8.36. The average Bonchev–Trinajstić information content (AvgIpc) is 3.48. The first-order valence-electron chi connectivity index (χ1n) is 12.4. The molecule has 0 unspecified atom stereocenters. The van der Waals surface area contributed by atoms with Crippen molar-refractivity contribution in [2.45, 2.75) is 37.8 Å². The molecule has 3 aliphatic rings. The van der Waals surface area contributed by atoms with Gasteiger partial charge in [-0.2, -0.15) is 0 Å². The van der Waals surface area contributed by atoms with Crippen LogP contribution >= 0.6 is 11.6 Å². The van der Waals surface area contributed by atoms with Crippen molar-refractivity contribution in [1.82, 2.24) is 10.2 Å². The lowest BCUT2D eigenvalue weighted by atomic mass is 9.76. The predicted octanol–water partition coefficient (Wildman–Crippen LogP) is 1.89. The van der Waals surface area contributed by atoms with E-state index in [0.717, 1.165) is 5.56 Å². The molecule has 3 heterocycles. The van der Waals surface area contributed by atoms with E-state index in [2.05, 4.69) is 10.6 Å². The van der Waals surface area contributed by atoms with Crippen LogP contribution in [0.4, 0.5) is 5.69 Å². The second-order valence-electron chi connectivity index (χ2n) is 9.88. The maximum Gasteiger partial charge on any atom is 0.250 e. The van der Waals surface area contributed by atoms with Crippen molar-refractivity contribution in [3.8, 4) is 11.5 Å². The van der Waals surface area contributed by atoms with Gasteiger partial charge >= 0.3 is 0 Å². The summed E-state index contributed by atoms with van der Waals surface area (Å²) in [7, 11) is 3.08. The van der Waals surface area contributed by atoms with Gasteiger partial charge in [0.05, 0.1) is 31.7 Å². The highest BCUT2D eigenvalue weighted by molar-refractivity contribution is 6.32. The van der Waals surface area contributed by atoms with Gasteiger partial charge in [-0.3, -0.25) is 29.4 Å². The van der Waals surface area contributed by atoms with Crippen LogP contribution in [0.5, 0.6) is 11.5 Å². The van der Waals surface area contributed by atoms with E-state index in [0.29, 0.717) is 39.8 Å². The Kier molecular flexibility index (Phi) is 6.56. The molecule has 0 bridgehead atoms. The van der Waals surface area contributed by atoms with Gasteiger partial charge in [0.25, 0.3) is 0 Å². The van der Waals surface area contributed by atoms with Crippen LogP contribution in [0.15, 0.2) is 30.3 Å². The maximum absolute atomic E-state index is 13.9. The van der Waals surface area contributed by atoms with E-state index in [4.69, 9.17) is 26.8 Å². The zero-order chi connectivity index (χ0) is 27.4. The van der Waals surface area contributed by atoms with E-state index in [1.165, 1.54) is 12.0 Å². The van der Waals surface area contributed by atoms with Gasteiger partial charge in [0, 0.05) is 29.6 Å². The lowest BCUT2D eigenvalue weighted by molar-refractivity contribution is -0.142. The minimum Gasteiger partial charge on any atom is -0.493 e. The quantitative estimate of drug-likeness (QED) is 0.434. The number of nitrogens with one attached hydrogen (secondary N) is 2. The smallest absolute Gasteiger partial charge is 0.250 e. The fourth-order valence-corrected chi connectivity index (χ4v) is 6.25. The monoisotopic (exact) mass is 540 g/mol. The van der Waals surface area contributed by atoms with Crippen molar-refractivity contribution < 1.29 is 28.7 Å². The fraction of sp³-hybridized carbons (Fsp3) is 0.407. The van der Waals surface area contributed by atoms with Crippen LogP contribution < -0.4 is 25.8 Å². The number of nitrogens with zero attached hydrogens (tertiary/aromatic N) is 1. The van der Waals surface area contributed by atoms with Crippen molar-refractivity contribution in [1.29, 1.82) is 0 Å². The molecule has 38 heavy (non-hydrogen) atoms. The SMILES string of the molecule is COc1ccc(CCN2C(=O)[C@@H]3[C@H](CCC(N)=O)N[C@@]4(C(=O)Nc5c4ccc(Cl)c5C)[C@H]3C2=O)cc1OC. The third-order valence-electron chi connectivity index (χ3n) is 7.95. The minimum absolute atomic E-state index is 0.0121. The molecule has 0 radical (unpaired) electrons. The normalized spacial score (nSPS) is 25.5. The molecular formula is C27H29ClN4O6. The highest BCUT2D eigenvalue weighted by Gasteiger charge is 2.70. The zero-order valence-corrected chi connectivity index (χ0v) is 22.1. The molecule has 2 fully saturated rings. The average molecular weight is 541 g/mol. The summed E-state index contributed by atoms with van der Waals surface area (Å²) in [5.74, 6) is -2.41. The number of carbonyl (C=O) groups is 4. The molecule has 5 rings (SSSR count). The number of methoxy groups -OCH3 is 2. The Labute approximate surface area is 224 Å². The number of likely N-dealkylation sites (tertiary alicyclic amines) is 1. The van der Waals surface area contributed by atoms with Gasteiger partial charge in [0.15, 0.2) is 11.5 Å². The Morgan fingerprint density at radius 3 is 2.53 bits per heavy atom. The summed E-state index contributed by atoms with van der Waals surface area (Å²) in [4.78, 5) is 54.1. The molecule has 0 aromatic heterocycles. The Bertz CT molecular complexity index is 1360. The highest BCUT2D eigenvalue weighted by atomic mass is 35.5. The van der Waals surface area contributed by atoms with Crippen molar-refractivity contribution in [2.75, 3.05) is 26.1 Å². The molecular weight excluding hydrogens is 512 g/mol. The van der Waals surface area contributed by atoms with Gasteiger partial charge in [-0.05, 0) is 49.1 Å². The van der Waals surface area contributed by atoms with E-state index in [-0.39, 0.29) is 25.3 Å². The minimum atomic E-state index is -1.46. The Hall–Kier alpha value is -3.63. The van der Waals surface area contributed by atoms with Gasteiger partial charge in [-0.15, -0.1) is 0 Å². The Morgan fingerprint density at radius 2 is 1.84 bits per heavy atom. The number of halogens is 1. The molecule has 200 valence electrons. The van der Waals surface area contributed by atoms with Crippen molar-refractivity contribution in [3.05, 3.63) is 52.0 Å². The van der Waals surface area contributed by atoms with Gasteiger partial charge in [-0.1, -0.05) is 23.7 Å². The zero-order valence-electron chi connectivity index (χ0n) is 21.3. The molecule has 0 saturated carbocycles. The molecule has 0 aliphatic carbocycles. The van der Waals surface area contributed by atoms with Crippen LogP contribution in [0.3, 0.4) is 0 Å². The molecule has 2 aromatic carbocycles. The summed E-state index contributed by atoms with van der Waals surface area (Å²) >= 11 is 6.31.